The van der Waals surface area contributed by atoms with Gasteiger partial charge in [-0.25, -0.2) is 0 Å². The zero-order valence-electron chi connectivity index (χ0n) is 22.2. The van der Waals surface area contributed by atoms with Crippen LogP contribution in [0.4, 0.5) is 0 Å². The van der Waals surface area contributed by atoms with E-state index >= 15 is 0 Å². The van der Waals surface area contributed by atoms with E-state index < -0.39 is 0 Å². The van der Waals surface area contributed by atoms with Gasteiger partial charge < -0.3 is 19.3 Å². The summed E-state index contributed by atoms with van der Waals surface area (Å²) in [5.74, 6) is 0.746. The van der Waals surface area contributed by atoms with Crippen LogP contribution >= 0.6 is 11.3 Å². The minimum atomic E-state index is -0.188. The van der Waals surface area contributed by atoms with E-state index in [1.165, 1.54) is 10.4 Å². The predicted octanol–water partition coefficient (Wildman–Crippen LogP) is 5.12. The maximum absolute atomic E-state index is 13.8. The zero-order valence-corrected chi connectivity index (χ0v) is 23.0. The highest BCUT2D eigenvalue weighted by Crippen LogP contribution is 2.34. The molecular formula is C31H36N2O4S. The zero-order chi connectivity index (χ0) is 26.5. The van der Waals surface area contributed by atoms with Gasteiger partial charge in [0.2, 0.25) is 11.8 Å². The van der Waals surface area contributed by atoms with Gasteiger partial charge in [0.25, 0.3) is 0 Å². The van der Waals surface area contributed by atoms with E-state index in [-0.39, 0.29) is 36.9 Å². The largest absolute Gasteiger partial charge is 0.491 e. The standard InChI is InChI=1S/C31H36N2O4S/c1-22-10-11-28(23(2)17-22)37-21-27-26-13-16-38-29(26)12-14-33(27)31(35)20-32(19-25-9-6-15-36-25)30(34)18-24-7-4-3-5-8-24/h3-5,7-8,10-11,13,16-17,25,27H,6,9,12,14-15,18-21H2,1-2H3/t25-,27-/m1/s1. The molecule has 200 valence electrons. The summed E-state index contributed by atoms with van der Waals surface area (Å²) in [6, 6.07) is 17.8. The quantitative estimate of drug-likeness (QED) is 0.384. The molecule has 2 aliphatic rings. The molecule has 3 aromatic rings. The van der Waals surface area contributed by atoms with Crippen LogP contribution in [0.3, 0.4) is 0 Å². The van der Waals surface area contributed by atoms with Crippen molar-refractivity contribution in [2.24, 2.45) is 0 Å². The molecular weight excluding hydrogens is 496 g/mol. The van der Waals surface area contributed by atoms with Crippen LogP contribution in [-0.4, -0.2) is 60.6 Å². The lowest BCUT2D eigenvalue weighted by molar-refractivity contribution is -0.143. The second kappa shape index (κ2) is 12.1. The summed E-state index contributed by atoms with van der Waals surface area (Å²) in [7, 11) is 0. The normalized spacial score (nSPS) is 18.7. The van der Waals surface area contributed by atoms with Gasteiger partial charge in [-0.2, -0.15) is 0 Å². The topological polar surface area (TPSA) is 59.1 Å². The third kappa shape index (κ3) is 6.27. The van der Waals surface area contributed by atoms with Crippen molar-refractivity contribution < 1.29 is 19.1 Å². The second-order valence-electron chi connectivity index (χ2n) is 10.3. The Kier molecular flexibility index (Phi) is 8.45. The van der Waals surface area contributed by atoms with Crippen LogP contribution in [-0.2, 0) is 27.2 Å². The van der Waals surface area contributed by atoms with Gasteiger partial charge >= 0.3 is 0 Å². The highest BCUT2D eigenvalue weighted by molar-refractivity contribution is 7.10. The Labute approximate surface area is 229 Å². The summed E-state index contributed by atoms with van der Waals surface area (Å²) in [6.07, 6.45) is 2.98. The highest BCUT2D eigenvalue weighted by atomic mass is 32.1. The maximum Gasteiger partial charge on any atom is 0.242 e. The van der Waals surface area contributed by atoms with E-state index in [1.54, 1.807) is 16.2 Å². The Bertz CT molecular complexity index is 1250. The van der Waals surface area contributed by atoms with E-state index in [0.717, 1.165) is 41.7 Å². The first-order valence-corrected chi connectivity index (χ1v) is 14.3. The monoisotopic (exact) mass is 532 g/mol. The van der Waals surface area contributed by atoms with Gasteiger partial charge in [0.1, 0.15) is 12.4 Å². The number of carbonyl (C=O) groups is 2. The molecule has 0 saturated carbocycles. The van der Waals surface area contributed by atoms with Crippen molar-refractivity contribution in [1.29, 1.82) is 0 Å². The Hall–Kier alpha value is -3.16. The molecule has 0 spiro atoms. The Morgan fingerprint density at radius 3 is 2.74 bits per heavy atom. The lowest BCUT2D eigenvalue weighted by atomic mass is 10.00. The number of benzene rings is 2. The van der Waals surface area contributed by atoms with E-state index in [0.29, 0.717) is 26.3 Å². The van der Waals surface area contributed by atoms with E-state index in [2.05, 4.69) is 24.4 Å². The molecule has 3 heterocycles. The van der Waals surface area contributed by atoms with Crippen LogP contribution < -0.4 is 4.74 Å². The van der Waals surface area contributed by atoms with Crippen molar-refractivity contribution in [2.75, 3.05) is 32.8 Å². The SMILES string of the molecule is Cc1ccc(OC[C@@H]2c3ccsc3CCN2C(=O)CN(C[C@H]2CCCO2)C(=O)Cc2ccccc2)c(C)c1. The molecule has 2 aromatic carbocycles. The van der Waals surface area contributed by atoms with Gasteiger partial charge in [0.15, 0.2) is 0 Å². The van der Waals surface area contributed by atoms with Gasteiger partial charge in [-0.05, 0) is 67.3 Å². The third-order valence-corrected chi connectivity index (χ3v) is 8.46. The Balaban J connectivity index is 1.33. The van der Waals surface area contributed by atoms with Gasteiger partial charge in [-0.1, -0.05) is 48.0 Å². The van der Waals surface area contributed by atoms with Crippen molar-refractivity contribution in [2.45, 2.75) is 51.7 Å². The van der Waals surface area contributed by atoms with Crippen molar-refractivity contribution >= 4 is 23.2 Å². The number of nitrogens with zero attached hydrogens (tertiary/aromatic N) is 2. The summed E-state index contributed by atoms with van der Waals surface area (Å²) >= 11 is 1.74. The first-order valence-electron chi connectivity index (χ1n) is 13.5. The average Bonchev–Trinajstić information content (AvgIpc) is 3.60. The second-order valence-corrected chi connectivity index (χ2v) is 11.3. The smallest absolute Gasteiger partial charge is 0.242 e. The van der Waals surface area contributed by atoms with Crippen LogP contribution in [0, 0.1) is 13.8 Å². The number of aryl methyl sites for hydroxylation is 2. The molecule has 0 unspecified atom stereocenters. The molecule has 5 rings (SSSR count). The number of ether oxygens (including phenoxy) is 2. The summed E-state index contributed by atoms with van der Waals surface area (Å²) in [4.78, 5) is 32.2. The molecule has 0 bridgehead atoms. The molecule has 1 aromatic heterocycles. The lowest BCUT2D eigenvalue weighted by Crippen LogP contribution is -2.49. The van der Waals surface area contributed by atoms with E-state index in [4.69, 9.17) is 9.47 Å². The lowest BCUT2D eigenvalue weighted by Gasteiger charge is -2.37. The molecule has 0 N–H and O–H groups in total. The van der Waals surface area contributed by atoms with Crippen molar-refractivity contribution in [3.63, 3.8) is 0 Å². The van der Waals surface area contributed by atoms with Gasteiger partial charge in [0.05, 0.1) is 25.1 Å². The number of rotatable bonds is 9. The molecule has 1 saturated heterocycles. The molecule has 0 aliphatic carbocycles. The van der Waals surface area contributed by atoms with Crippen LogP contribution in [0.15, 0.2) is 60.0 Å². The van der Waals surface area contributed by atoms with Crippen LogP contribution in [0.2, 0.25) is 0 Å². The molecule has 2 aliphatic heterocycles. The number of carbonyl (C=O) groups excluding carboxylic acids is 2. The minimum Gasteiger partial charge on any atom is -0.491 e. The fourth-order valence-electron chi connectivity index (χ4n) is 5.43. The predicted molar refractivity (Wildman–Crippen MR) is 150 cm³/mol. The Morgan fingerprint density at radius 1 is 1.13 bits per heavy atom. The van der Waals surface area contributed by atoms with Crippen molar-refractivity contribution in [3.05, 3.63) is 87.1 Å². The van der Waals surface area contributed by atoms with Crippen molar-refractivity contribution in [1.82, 2.24) is 9.80 Å². The highest BCUT2D eigenvalue weighted by Gasteiger charge is 2.34. The van der Waals surface area contributed by atoms with Gasteiger partial charge in [0, 0.05) is 24.6 Å². The summed E-state index contributed by atoms with van der Waals surface area (Å²) in [5, 5.41) is 2.09. The number of amides is 2. The van der Waals surface area contributed by atoms with Gasteiger partial charge in [-0.15, -0.1) is 11.3 Å². The van der Waals surface area contributed by atoms with Crippen LogP contribution in [0.5, 0.6) is 5.75 Å². The fraction of sp³-hybridized carbons (Fsp3) is 0.419. The first kappa shape index (κ1) is 26.4. The number of fused-ring (bicyclic) bond motifs is 1. The summed E-state index contributed by atoms with van der Waals surface area (Å²) in [5.41, 5.74) is 4.37. The summed E-state index contributed by atoms with van der Waals surface area (Å²) in [6.45, 7) is 6.31. The maximum atomic E-state index is 13.8. The van der Waals surface area contributed by atoms with Gasteiger partial charge in [-0.3, -0.25) is 9.59 Å². The molecule has 1 fully saturated rings. The molecule has 6 nitrogen and oxygen atoms in total. The first-order chi connectivity index (χ1) is 18.5. The minimum absolute atomic E-state index is 0.0176. The molecule has 2 atom stereocenters. The fourth-order valence-corrected chi connectivity index (χ4v) is 6.36. The number of thiophene rings is 1. The third-order valence-electron chi connectivity index (χ3n) is 7.47. The molecule has 2 amide bonds. The summed E-state index contributed by atoms with van der Waals surface area (Å²) < 4.78 is 12.1. The van der Waals surface area contributed by atoms with Crippen LogP contribution in [0.1, 0.15) is 46.0 Å². The van der Waals surface area contributed by atoms with Crippen LogP contribution in [0.25, 0.3) is 0 Å². The van der Waals surface area contributed by atoms with E-state index in [9.17, 15) is 9.59 Å². The average molecular weight is 533 g/mol. The van der Waals surface area contributed by atoms with E-state index in [1.807, 2.05) is 54.3 Å². The molecule has 0 radical (unpaired) electrons. The molecule has 38 heavy (non-hydrogen) atoms. The Morgan fingerprint density at radius 2 is 1.97 bits per heavy atom. The molecule has 7 heteroatoms. The number of hydrogen-bond acceptors (Lipinski definition) is 5. The number of hydrogen-bond donors (Lipinski definition) is 0. The van der Waals surface area contributed by atoms with Crippen molar-refractivity contribution in [3.8, 4) is 5.75 Å².